The summed E-state index contributed by atoms with van der Waals surface area (Å²) in [5, 5.41) is 11.7. The fourth-order valence-corrected chi connectivity index (χ4v) is 3.26. The van der Waals surface area contributed by atoms with Gasteiger partial charge in [-0.25, -0.2) is 0 Å². The zero-order chi connectivity index (χ0) is 13.1. The summed E-state index contributed by atoms with van der Waals surface area (Å²) < 4.78 is 7.78. The first kappa shape index (κ1) is 14.1. The third-order valence-corrected chi connectivity index (χ3v) is 4.58. The van der Waals surface area contributed by atoms with Gasteiger partial charge in [-0.3, -0.25) is 0 Å². The minimum Gasteiger partial charge on any atom is -0.488 e. The van der Waals surface area contributed by atoms with Crippen molar-refractivity contribution < 1.29 is 9.84 Å². The summed E-state index contributed by atoms with van der Waals surface area (Å²) in [5.41, 5.74) is 0.800. The molecule has 0 amide bonds. The van der Waals surface area contributed by atoms with E-state index in [9.17, 15) is 5.11 Å². The number of aliphatic hydroxyl groups excluding tert-OH is 1. The normalized spacial score (nSPS) is 12.4. The number of aliphatic hydroxyl groups is 1. The van der Waals surface area contributed by atoms with Crippen LogP contribution < -0.4 is 4.74 Å². The standard InChI is InChI=1S/C13H12Br2O2S/c1-8(16)12-3-2-9(14)5-13(12)17-6-11-4-10(15)7-18-11/h2-5,7-8,16H,6H2,1H3/t8-/m0/s1. The van der Waals surface area contributed by atoms with E-state index >= 15 is 0 Å². The Hall–Kier alpha value is -0.360. The van der Waals surface area contributed by atoms with Crippen LogP contribution in [-0.4, -0.2) is 5.11 Å². The Morgan fingerprint density at radius 3 is 2.67 bits per heavy atom. The van der Waals surface area contributed by atoms with Crippen LogP contribution in [0.3, 0.4) is 0 Å². The molecule has 1 aromatic carbocycles. The Labute approximate surface area is 127 Å². The number of benzene rings is 1. The van der Waals surface area contributed by atoms with E-state index in [4.69, 9.17) is 4.74 Å². The van der Waals surface area contributed by atoms with Crippen molar-refractivity contribution in [3.8, 4) is 5.75 Å². The van der Waals surface area contributed by atoms with Crippen molar-refractivity contribution in [1.29, 1.82) is 0 Å². The van der Waals surface area contributed by atoms with Crippen molar-refractivity contribution in [2.45, 2.75) is 19.6 Å². The SMILES string of the molecule is C[C@H](O)c1ccc(Br)cc1OCc1cc(Br)cs1. The maximum Gasteiger partial charge on any atom is 0.126 e. The molecule has 0 saturated carbocycles. The lowest BCUT2D eigenvalue weighted by Gasteiger charge is -2.13. The first-order valence-electron chi connectivity index (χ1n) is 5.39. The van der Waals surface area contributed by atoms with Crippen LogP contribution in [0.15, 0.2) is 38.6 Å². The molecule has 0 fully saturated rings. The van der Waals surface area contributed by atoms with Crippen molar-refractivity contribution in [2.24, 2.45) is 0 Å². The quantitative estimate of drug-likeness (QED) is 0.802. The number of thiophene rings is 1. The van der Waals surface area contributed by atoms with E-state index in [-0.39, 0.29) is 0 Å². The van der Waals surface area contributed by atoms with Gasteiger partial charge in [0.2, 0.25) is 0 Å². The van der Waals surface area contributed by atoms with Crippen LogP contribution in [0, 0.1) is 0 Å². The molecule has 18 heavy (non-hydrogen) atoms. The molecule has 5 heteroatoms. The summed E-state index contributed by atoms with van der Waals surface area (Å²) in [6, 6.07) is 7.68. The maximum absolute atomic E-state index is 9.70. The minimum absolute atomic E-state index is 0.506. The monoisotopic (exact) mass is 390 g/mol. The Bertz CT molecular complexity index is 538. The number of hydrogen-bond donors (Lipinski definition) is 1. The maximum atomic E-state index is 9.70. The summed E-state index contributed by atoms with van der Waals surface area (Å²) in [6.45, 7) is 2.24. The molecule has 2 aromatic rings. The summed E-state index contributed by atoms with van der Waals surface area (Å²) in [7, 11) is 0. The van der Waals surface area contributed by atoms with Gasteiger partial charge in [-0.2, -0.15) is 0 Å². The molecule has 1 N–H and O–H groups in total. The lowest BCUT2D eigenvalue weighted by Crippen LogP contribution is -2.00. The van der Waals surface area contributed by atoms with Gasteiger partial charge in [0.15, 0.2) is 0 Å². The van der Waals surface area contributed by atoms with Gasteiger partial charge in [-0.1, -0.05) is 22.0 Å². The summed E-state index contributed by atoms with van der Waals surface area (Å²) in [4.78, 5) is 1.14. The third-order valence-electron chi connectivity index (χ3n) is 2.42. The van der Waals surface area contributed by atoms with Gasteiger partial charge in [0.1, 0.15) is 12.4 Å². The fourth-order valence-electron chi connectivity index (χ4n) is 1.56. The third kappa shape index (κ3) is 3.57. The molecule has 0 aliphatic rings. The van der Waals surface area contributed by atoms with E-state index in [1.807, 2.05) is 29.6 Å². The van der Waals surface area contributed by atoms with Gasteiger partial charge >= 0.3 is 0 Å². The van der Waals surface area contributed by atoms with Crippen molar-refractivity contribution in [1.82, 2.24) is 0 Å². The highest BCUT2D eigenvalue weighted by Gasteiger charge is 2.10. The summed E-state index contributed by atoms with van der Waals surface area (Å²) in [6.07, 6.45) is -0.539. The lowest BCUT2D eigenvalue weighted by atomic mass is 10.1. The molecular formula is C13H12Br2O2S. The van der Waals surface area contributed by atoms with Gasteiger partial charge in [0, 0.05) is 24.8 Å². The molecule has 0 saturated heterocycles. The van der Waals surface area contributed by atoms with Crippen molar-refractivity contribution in [3.63, 3.8) is 0 Å². The molecular weight excluding hydrogens is 380 g/mol. The molecule has 0 spiro atoms. The molecule has 2 nitrogen and oxygen atoms in total. The number of hydrogen-bond acceptors (Lipinski definition) is 3. The van der Waals surface area contributed by atoms with Crippen molar-refractivity contribution in [2.75, 3.05) is 0 Å². The molecule has 1 heterocycles. The van der Waals surface area contributed by atoms with Crippen LogP contribution >= 0.6 is 43.2 Å². The highest BCUT2D eigenvalue weighted by atomic mass is 79.9. The smallest absolute Gasteiger partial charge is 0.126 e. The van der Waals surface area contributed by atoms with Gasteiger partial charge in [0.25, 0.3) is 0 Å². The van der Waals surface area contributed by atoms with Crippen LogP contribution in [0.25, 0.3) is 0 Å². The molecule has 2 rings (SSSR count). The van der Waals surface area contributed by atoms with Crippen LogP contribution in [0.1, 0.15) is 23.5 Å². The zero-order valence-corrected chi connectivity index (χ0v) is 13.7. The van der Waals surface area contributed by atoms with Gasteiger partial charge in [-0.15, -0.1) is 11.3 Å². The van der Waals surface area contributed by atoms with E-state index in [1.165, 1.54) is 0 Å². The Balaban J connectivity index is 2.15. The highest BCUT2D eigenvalue weighted by Crippen LogP contribution is 2.30. The lowest BCUT2D eigenvalue weighted by molar-refractivity contribution is 0.190. The van der Waals surface area contributed by atoms with Gasteiger partial charge < -0.3 is 9.84 Å². The van der Waals surface area contributed by atoms with Crippen LogP contribution in [0.4, 0.5) is 0 Å². The first-order chi connectivity index (χ1) is 8.56. The average molecular weight is 392 g/mol. The first-order valence-corrected chi connectivity index (χ1v) is 7.86. The number of rotatable bonds is 4. The van der Waals surface area contributed by atoms with E-state index in [0.29, 0.717) is 12.4 Å². The van der Waals surface area contributed by atoms with Crippen LogP contribution in [0.5, 0.6) is 5.75 Å². The van der Waals surface area contributed by atoms with Crippen molar-refractivity contribution in [3.05, 3.63) is 49.0 Å². The Morgan fingerprint density at radius 1 is 1.28 bits per heavy atom. The molecule has 0 bridgehead atoms. The molecule has 0 aliphatic heterocycles. The molecule has 0 radical (unpaired) electrons. The molecule has 96 valence electrons. The Morgan fingerprint density at radius 2 is 2.06 bits per heavy atom. The summed E-state index contributed by atoms with van der Waals surface area (Å²) >= 11 is 8.47. The predicted molar refractivity (Wildman–Crippen MR) is 81.1 cm³/mol. The van der Waals surface area contributed by atoms with E-state index in [0.717, 1.165) is 19.4 Å². The van der Waals surface area contributed by atoms with E-state index in [2.05, 4.69) is 31.9 Å². The molecule has 1 aromatic heterocycles. The second-order valence-corrected chi connectivity index (χ2v) is 6.71. The largest absolute Gasteiger partial charge is 0.488 e. The topological polar surface area (TPSA) is 29.5 Å². The zero-order valence-electron chi connectivity index (χ0n) is 9.69. The second kappa shape index (κ2) is 6.19. The predicted octanol–water partition coefficient (Wildman–Crippen LogP) is 4.91. The summed E-state index contributed by atoms with van der Waals surface area (Å²) in [5.74, 6) is 0.712. The minimum atomic E-state index is -0.539. The number of ether oxygens (including phenoxy) is 1. The molecule has 0 unspecified atom stereocenters. The van der Waals surface area contributed by atoms with Gasteiger partial charge in [0.05, 0.1) is 6.10 Å². The molecule has 0 aliphatic carbocycles. The average Bonchev–Trinajstić information content (AvgIpc) is 2.72. The second-order valence-electron chi connectivity index (χ2n) is 3.88. The van der Waals surface area contributed by atoms with Crippen LogP contribution in [-0.2, 0) is 6.61 Å². The van der Waals surface area contributed by atoms with Gasteiger partial charge in [-0.05, 0) is 41.1 Å². The fraction of sp³-hybridized carbons (Fsp3) is 0.231. The Kier molecular flexibility index (Phi) is 4.84. The highest BCUT2D eigenvalue weighted by molar-refractivity contribution is 9.10. The van der Waals surface area contributed by atoms with Crippen LogP contribution in [0.2, 0.25) is 0 Å². The van der Waals surface area contributed by atoms with Crippen molar-refractivity contribution >= 4 is 43.2 Å². The number of halogens is 2. The van der Waals surface area contributed by atoms with E-state index < -0.39 is 6.10 Å². The molecule has 1 atom stereocenters. The van der Waals surface area contributed by atoms with E-state index in [1.54, 1.807) is 18.3 Å².